The maximum atomic E-state index is 12.4. The molecule has 1 aromatic heterocycles. The number of benzene rings is 2. The molecule has 9 heteroatoms. The van der Waals surface area contributed by atoms with Crippen LogP contribution in [0.4, 0.5) is 11.6 Å². The molecule has 0 atom stereocenters. The van der Waals surface area contributed by atoms with Gasteiger partial charge in [0.05, 0.1) is 5.56 Å². The Labute approximate surface area is 197 Å². The third-order valence-electron chi connectivity index (χ3n) is 5.34. The molecule has 0 unspecified atom stereocenters. The van der Waals surface area contributed by atoms with Crippen molar-refractivity contribution >= 4 is 40.7 Å². The Morgan fingerprint density at radius 2 is 1.81 bits per heavy atom. The molecule has 1 fully saturated rings. The molecule has 1 amide bonds. The monoisotopic (exact) mass is 470 g/mol. The Bertz CT molecular complexity index is 1100. The van der Waals surface area contributed by atoms with Crippen LogP contribution in [0, 0.1) is 0 Å². The van der Waals surface area contributed by atoms with Gasteiger partial charge in [0.15, 0.2) is 0 Å². The van der Waals surface area contributed by atoms with Gasteiger partial charge < -0.3 is 20.9 Å². The Kier molecular flexibility index (Phi) is 7.09. The molecular weight excluding hydrogens is 447 g/mol. The number of amides is 1. The summed E-state index contributed by atoms with van der Waals surface area (Å²) in [4.78, 5) is 23.7. The first-order valence-corrected chi connectivity index (χ1v) is 11.1. The van der Waals surface area contributed by atoms with E-state index in [4.69, 9.17) is 23.2 Å². The number of nitrogens with zero attached hydrogens (tertiary/aromatic N) is 3. The van der Waals surface area contributed by atoms with Crippen LogP contribution in [-0.4, -0.2) is 49.1 Å². The number of rotatable bonds is 6. The van der Waals surface area contributed by atoms with Crippen molar-refractivity contribution in [3.05, 3.63) is 70.0 Å². The van der Waals surface area contributed by atoms with Crippen LogP contribution in [0.15, 0.2) is 48.8 Å². The number of carbonyl (C=O) groups excluding carboxylic acids is 1. The molecule has 2 aromatic carbocycles. The zero-order valence-corrected chi connectivity index (χ0v) is 19.2. The summed E-state index contributed by atoms with van der Waals surface area (Å²) in [6.07, 6.45) is 3.63. The van der Waals surface area contributed by atoms with Crippen molar-refractivity contribution < 1.29 is 4.79 Å². The van der Waals surface area contributed by atoms with Crippen molar-refractivity contribution in [2.45, 2.75) is 6.54 Å². The highest BCUT2D eigenvalue weighted by atomic mass is 35.5. The molecule has 0 aliphatic carbocycles. The van der Waals surface area contributed by atoms with Gasteiger partial charge in [0, 0.05) is 73.5 Å². The summed E-state index contributed by atoms with van der Waals surface area (Å²) in [5.41, 5.74) is 3.84. The molecule has 0 spiro atoms. The number of nitrogens with one attached hydrogen (secondary N) is 3. The van der Waals surface area contributed by atoms with Crippen LogP contribution < -0.4 is 20.9 Å². The standard InChI is InChI=1S/C23H24Cl2N6O/c1-26-22(32)19-4-2-15(11-21(19)28-12-16-10-18(24)3-5-20(16)25)17-13-29-23(30-14-17)31-8-6-27-7-9-31/h2-5,10-11,13-14,27-28H,6-9,12H2,1H3,(H,26,32). The van der Waals surface area contributed by atoms with Gasteiger partial charge in [-0.1, -0.05) is 29.3 Å². The van der Waals surface area contributed by atoms with Crippen molar-refractivity contribution in [2.75, 3.05) is 43.4 Å². The van der Waals surface area contributed by atoms with Crippen LogP contribution in [0.25, 0.3) is 11.1 Å². The quantitative estimate of drug-likeness (QED) is 0.507. The summed E-state index contributed by atoms with van der Waals surface area (Å²) in [7, 11) is 1.61. The smallest absolute Gasteiger partial charge is 0.253 e. The topological polar surface area (TPSA) is 82.2 Å². The second-order valence-electron chi connectivity index (χ2n) is 7.44. The van der Waals surface area contributed by atoms with E-state index in [1.54, 1.807) is 25.2 Å². The summed E-state index contributed by atoms with van der Waals surface area (Å²) in [6, 6.07) is 10.9. The second kappa shape index (κ2) is 10.2. The Morgan fingerprint density at radius 1 is 1.06 bits per heavy atom. The van der Waals surface area contributed by atoms with Gasteiger partial charge in [-0.15, -0.1) is 0 Å². The van der Waals surface area contributed by atoms with E-state index in [1.165, 1.54) is 0 Å². The van der Waals surface area contributed by atoms with Gasteiger partial charge >= 0.3 is 0 Å². The first-order valence-electron chi connectivity index (χ1n) is 10.4. The molecular formula is C23H24Cl2N6O. The third kappa shape index (κ3) is 5.12. The van der Waals surface area contributed by atoms with Gasteiger partial charge in [-0.2, -0.15) is 0 Å². The van der Waals surface area contributed by atoms with E-state index in [9.17, 15) is 4.79 Å². The van der Waals surface area contributed by atoms with Crippen LogP contribution in [0.5, 0.6) is 0 Å². The van der Waals surface area contributed by atoms with Crippen LogP contribution in [-0.2, 0) is 6.54 Å². The summed E-state index contributed by atoms with van der Waals surface area (Å²) in [6.45, 7) is 4.06. The van der Waals surface area contributed by atoms with Crippen LogP contribution >= 0.6 is 23.2 Å². The van der Waals surface area contributed by atoms with E-state index in [1.807, 2.05) is 30.6 Å². The van der Waals surface area contributed by atoms with E-state index in [0.29, 0.717) is 27.8 Å². The van der Waals surface area contributed by atoms with Crippen molar-refractivity contribution in [3.8, 4) is 11.1 Å². The van der Waals surface area contributed by atoms with Gasteiger partial charge in [-0.3, -0.25) is 4.79 Å². The van der Waals surface area contributed by atoms with Crippen molar-refractivity contribution in [3.63, 3.8) is 0 Å². The summed E-state index contributed by atoms with van der Waals surface area (Å²) in [5.74, 6) is 0.549. The van der Waals surface area contributed by atoms with Crippen LogP contribution in [0.1, 0.15) is 15.9 Å². The SMILES string of the molecule is CNC(=O)c1ccc(-c2cnc(N3CCNCC3)nc2)cc1NCc1cc(Cl)ccc1Cl. The highest BCUT2D eigenvalue weighted by molar-refractivity contribution is 6.33. The number of carbonyl (C=O) groups is 1. The van der Waals surface area contributed by atoms with Gasteiger partial charge in [-0.25, -0.2) is 9.97 Å². The van der Waals surface area contributed by atoms with Crippen molar-refractivity contribution in [1.82, 2.24) is 20.6 Å². The molecule has 4 rings (SSSR count). The molecule has 1 aliphatic rings. The normalized spacial score (nSPS) is 13.7. The van der Waals surface area contributed by atoms with E-state index >= 15 is 0 Å². The molecule has 2 heterocycles. The third-order valence-corrected chi connectivity index (χ3v) is 5.94. The summed E-state index contributed by atoms with van der Waals surface area (Å²) in [5, 5.41) is 10.5. The number of aromatic nitrogens is 2. The van der Waals surface area contributed by atoms with Gasteiger partial charge in [-0.05, 0) is 41.5 Å². The minimum absolute atomic E-state index is 0.179. The molecule has 0 saturated carbocycles. The van der Waals surface area contributed by atoms with E-state index in [2.05, 4.69) is 30.8 Å². The number of piperazine rings is 1. The highest BCUT2D eigenvalue weighted by Crippen LogP contribution is 2.28. The average molecular weight is 471 g/mol. The van der Waals surface area contributed by atoms with Gasteiger partial charge in [0.25, 0.3) is 5.91 Å². The minimum atomic E-state index is -0.179. The molecule has 0 bridgehead atoms. The fourth-order valence-electron chi connectivity index (χ4n) is 3.57. The fourth-order valence-corrected chi connectivity index (χ4v) is 3.95. The largest absolute Gasteiger partial charge is 0.380 e. The fraction of sp³-hybridized carbons (Fsp3) is 0.261. The molecule has 166 valence electrons. The Balaban J connectivity index is 1.59. The zero-order valence-electron chi connectivity index (χ0n) is 17.7. The minimum Gasteiger partial charge on any atom is -0.380 e. The van der Waals surface area contributed by atoms with Gasteiger partial charge in [0.1, 0.15) is 0 Å². The molecule has 1 aliphatic heterocycles. The Morgan fingerprint density at radius 3 is 2.53 bits per heavy atom. The first-order chi connectivity index (χ1) is 15.5. The number of halogens is 2. The Hall–Kier alpha value is -2.87. The molecule has 3 N–H and O–H groups in total. The summed E-state index contributed by atoms with van der Waals surface area (Å²) >= 11 is 12.4. The lowest BCUT2D eigenvalue weighted by Gasteiger charge is -2.27. The lowest BCUT2D eigenvalue weighted by Crippen LogP contribution is -2.44. The molecule has 7 nitrogen and oxygen atoms in total. The van der Waals surface area contributed by atoms with E-state index < -0.39 is 0 Å². The maximum Gasteiger partial charge on any atom is 0.253 e. The first kappa shape index (κ1) is 22.3. The lowest BCUT2D eigenvalue weighted by atomic mass is 10.0. The molecule has 0 radical (unpaired) electrons. The predicted molar refractivity (Wildman–Crippen MR) is 130 cm³/mol. The number of hydrogen-bond acceptors (Lipinski definition) is 6. The van der Waals surface area contributed by atoms with Crippen LogP contribution in [0.2, 0.25) is 10.0 Å². The van der Waals surface area contributed by atoms with E-state index in [0.717, 1.165) is 48.8 Å². The second-order valence-corrected chi connectivity index (χ2v) is 8.28. The van der Waals surface area contributed by atoms with Crippen molar-refractivity contribution in [1.29, 1.82) is 0 Å². The molecule has 3 aromatic rings. The lowest BCUT2D eigenvalue weighted by molar-refractivity contribution is 0.0964. The highest BCUT2D eigenvalue weighted by Gasteiger charge is 2.15. The zero-order chi connectivity index (χ0) is 22.5. The summed E-state index contributed by atoms with van der Waals surface area (Å²) < 4.78 is 0. The average Bonchev–Trinajstić information content (AvgIpc) is 2.84. The van der Waals surface area contributed by atoms with Crippen LogP contribution in [0.3, 0.4) is 0 Å². The maximum absolute atomic E-state index is 12.4. The predicted octanol–water partition coefficient (Wildman–Crippen LogP) is 3.83. The van der Waals surface area contributed by atoms with Gasteiger partial charge in [0.2, 0.25) is 5.95 Å². The van der Waals surface area contributed by atoms with Crippen molar-refractivity contribution in [2.24, 2.45) is 0 Å². The number of hydrogen-bond donors (Lipinski definition) is 3. The number of anilines is 2. The molecule has 32 heavy (non-hydrogen) atoms. The van der Waals surface area contributed by atoms with E-state index in [-0.39, 0.29) is 5.91 Å². The molecule has 1 saturated heterocycles.